The van der Waals surface area contributed by atoms with Crippen LogP contribution < -0.4 is 10.2 Å². The highest BCUT2D eigenvalue weighted by molar-refractivity contribution is 6.03. The van der Waals surface area contributed by atoms with Crippen LogP contribution in [0.1, 0.15) is 25.3 Å². The highest BCUT2D eigenvalue weighted by Crippen LogP contribution is 2.32. The van der Waals surface area contributed by atoms with Crippen LogP contribution >= 0.6 is 0 Å². The Kier molecular flexibility index (Phi) is 6.27. The van der Waals surface area contributed by atoms with Gasteiger partial charge < -0.3 is 15.1 Å². The van der Waals surface area contributed by atoms with Gasteiger partial charge in [0.2, 0.25) is 11.8 Å². The molecule has 6 heteroatoms. The number of carbonyl (C=O) groups excluding carboxylic acids is 2. The smallest absolute Gasteiger partial charge is 0.243 e. The Morgan fingerprint density at radius 1 is 1.15 bits per heavy atom. The molecule has 1 atom stereocenters. The first-order valence-electron chi connectivity index (χ1n) is 9.68. The molecule has 2 heterocycles. The third kappa shape index (κ3) is 4.24. The van der Waals surface area contributed by atoms with Crippen LogP contribution in [0.3, 0.4) is 0 Å². The van der Waals surface area contributed by atoms with E-state index in [0.29, 0.717) is 19.4 Å². The number of piperazine rings is 1. The average molecular weight is 358 g/mol. The van der Waals surface area contributed by atoms with Crippen molar-refractivity contribution < 1.29 is 9.59 Å². The molecule has 1 aromatic carbocycles. The normalized spacial score (nSPS) is 20.8. The molecular formula is C20H30N4O2. The molecule has 1 aromatic rings. The van der Waals surface area contributed by atoms with Gasteiger partial charge in [-0.05, 0) is 31.6 Å². The van der Waals surface area contributed by atoms with Crippen LogP contribution in [0.4, 0.5) is 5.69 Å². The van der Waals surface area contributed by atoms with Crippen molar-refractivity contribution in [2.45, 2.75) is 32.2 Å². The van der Waals surface area contributed by atoms with Crippen molar-refractivity contribution in [2.75, 3.05) is 51.2 Å². The summed E-state index contributed by atoms with van der Waals surface area (Å²) >= 11 is 0. The minimum absolute atomic E-state index is 0.00698. The van der Waals surface area contributed by atoms with E-state index in [1.165, 1.54) is 0 Å². The van der Waals surface area contributed by atoms with Crippen molar-refractivity contribution in [1.29, 1.82) is 0 Å². The molecule has 0 aromatic heterocycles. The van der Waals surface area contributed by atoms with Crippen molar-refractivity contribution in [3.63, 3.8) is 0 Å². The monoisotopic (exact) mass is 358 g/mol. The Morgan fingerprint density at radius 3 is 2.62 bits per heavy atom. The van der Waals surface area contributed by atoms with Gasteiger partial charge in [0.05, 0.1) is 0 Å². The number of likely N-dealkylation sites (N-methyl/N-ethyl adjacent to an activating group) is 1. The summed E-state index contributed by atoms with van der Waals surface area (Å²) in [4.78, 5) is 31.6. The predicted octanol–water partition coefficient (Wildman–Crippen LogP) is 1.11. The van der Waals surface area contributed by atoms with E-state index in [2.05, 4.69) is 22.2 Å². The topological polar surface area (TPSA) is 55.9 Å². The Hall–Kier alpha value is -1.92. The van der Waals surface area contributed by atoms with Crippen molar-refractivity contribution in [3.05, 3.63) is 29.8 Å². The van der Waals surface area contributed by atoms with Gasteiger partial charge >= 0.3 is 0 Å². The first-order valence-corrected chi connectivity index (χ1v) is 9.68. The largest absolute Gasteiger partial charge is 0.354 e. The molecule has 1 saturated heterocycles. The van der Waals surface area contributed by atoms with Crippen molar-refractivity contribution >= 4 is 17.5 Å². The summed E-state index contributed by atoms with van der Waals surface area (Å²) in [6.45, 7) is 7.93. The molecule has 26 heavy (non-hydrogen) atoms. The van der Waals surface area contributed by atoms with Crippen LogP contribution in [-0.2, 0) is 16.0 Å². The van der Waals surface area contributed by atoms with Gasteiger partial charge in [-0.15, -0.1) is 0 Å². The van der Waals surface area contributed by atoms with E-state index in [1.807, 2.05) is 31.2 Å². The fraction of sp³-hybridized carbons (Fsp3) is 0.600. The molecule has 0 spiro atoms. The summed E-state index contributed by atoms with van der Waals surface area (Å²) in [7, 11) is 2.15. The number of hydrogen-bond donors (Lipinski definition) is 1. The third-order valence-electron chi connectivity index (χ3n) is 5.40. The van der Waals surface area contributed by atoms with Crippen LogP contribution in [0, 0.1) is 0 Å². The van der Waals surface area contributed by atoms with Gasteiger partial charge in [-0.25, -0.2) is 0 Å². The summed E-state index contributed by atoms with van der Waals surface area (Å²) in [5.74, 6) is -0.0334. The second-order valence-corrected chi connectivity index (χ2v) is 7.26. The molecule has 2 aliphatic rings. The Labute approximate surface area is 156 Å². The van der Waals surface area contributed by atoms with Gasteiger partial charge in [-0.2, -0.15) is 0 Å². The van der Waals surface area contributed by atoms with Crippen LogP contribution in [-0.4, -0.2) is 74.0 Å². The molecule has 142 valence electrons. The summed E-state index contributed by atoms with van der Waals surface area (Å²) in [5.41, 5.74) is 1.96. The molecule has 6 nitrogen and oxygen atoms in total. The summed E-state index contributed by atoms with van der Waals surface area (Å²) in [5, 5.41) is 3.05. The molecule has 0 bridgehead atoms. The molecule has 1 unspecified atom stereocenters. The zero-order valence-corrected chi connectivity index (χ0v) is 15.9. The number of anilines is 1. The lowest BCUT2D eigenvalue weighted by atomic mass is 10.1. The second kappa shape index (κ2) is 8.64. The summed E-state index contributed by atoms with van der Waals surface area (Å²) < 4.78 is 0. The van der Waals surface area contributed by atoms with E-state index in [4.69, 9.17) is 0 Å². The first kappa shape index (κ1) is 18.9. The number of benzene rings is 1. The fourth-order valence-electron chi connectivity index (χ4n) is 3.78. The minimum atomic E-state index is -0.413. The van der Waals surface area contributed by atoms with Crippen molar-refractivity contribution in [2.24, 2.45) is 0 Å². The predicted molar refractivity (Wildman–Crippen MR) is 103 cm³/mol. The number of para-hydroxylation sites is 1. The molecule has 0 radical (unpaired) electrons. The lowest BCUT2D eigenvalue weighted by Gasteiger charge is -2.32. The van der Waals surface area contributed by atoms with Gasteiger partial charge in [-0.3, -0.25) is 14.5 Å². The fourth-order valence-corrected chi connectivity index (χ4v) is 3.78. The number of rotatable bonds is 6. The van der Waals surface area contributed by atoms with E-state index in [9.17, 15) is 9.59 Å². The lowest BCUT2D eigenvalue weighted by Crippen LogP contribution is -2.48. The highest BCUT2D eigenvalue weighted by Gasteiger charge is 2.37. The number of nitrogens with zero attached hydrogens (tertiary/aromatic N) is 3. The molecule has 3 rings (SSSR count). The molecule has 0 aliphatic carbocycles. The van der Waals surface area contributed by atoms with Crippen LogP contribution in [0.25, 0.3) is 0 Å². The zero-order valence-electron chi connectivity index (χ0n) is 15.9. The number of fused-ring (bicyclic) bond motifs is 1. The van der Waals surface area contributed by atoms with Crippen molar-refractivity contribution in [1.82, 2.24) is 15.1 Å². The SMILES string of the molecule is CCC(=O)N1c2ccccc2CC1C(=O)NCCCN1CCN(C)CC1. The van der Waals surface area contributed by atoms with Gasteiger partial charge in [0.1, 0.15) is 6.04 Å². The minimum Gasteiger partial charge on any atom is -0.354 e. The maximum atomic E-state index is 12.7. The number of amides is 2. The molecule has 2 amide bonds. The van der Waals surface area contributed by atoms with Crippen LogP contribution in [0.5, 0.6) is 0 Å². The van der Waals surface area contributed by atoms with Gasteiger partial charge in [0.25, 0.3) is 0 Å². The quantitative estimate of drug-likeness (QED) is 0.774. The average Bonchev–Trinajstić information content (AvgIpc) is 3.05. The maximum Gasteiger partial charge on any atom is 0.243 e. The Morgan fingerprint density at radius 2 is 1.88 bits per heavy atom. The Balaban J connectivity index is 1.50. The Bertz CT molecular complexity index is 640. The highest BCUT2D eigenvalue weighted by atomic mass is 16.2. The standard InChI is InChI=1S/C20H30N4O2/c1-3-19(25)24-17-8-5-4-7-16(17)15-18(24)20(26)21-9-6-10-23-13-11-22(2)12-14-23/h4-5,7-8,18H,3,6,9-15H2,1-2H3,(H,21,26). The van der Waals surface area contributed by atoms with E-state index in [1.54, 1.807) is 4.90 Å². The molecule has 1 fully saturated rings. The molecular weight excluding hydrogens is 328 g/mol. The number of carbonyl (C=O) groups is 2. The maximum absolute atomic E-state index is 12.7. The van der Waals surface area contributed by atoms with E-state index in [-0.39, 0.29) is 11.8 Å². The van der Waals surface area contributed by atoms with Gasteiger partial charge in [-0.1, -0.05) is 25.1 Å². The second-order valence-electron chi connectivity index (χ2n) is 7.26. The van der Waals surface area contributed by atoms with Gasteiger partial charge in [0.15, 0.2) is 0 Å². The van der Waals surface area contributed by atoms with E-state index in [0.717, 1.165) is 50.4 Å². The summed E-state index contributed by atoms with van der Waals surface area (Å²) in [6, 6.07) is 7.41. The van der Waals surface area contributed by atoms with Gasteiger partial charge in [0, 0.05) is 51.3 Å². The van der Waals surface area contributed by atoms with Crippen molar-refractivity contribution in [3.8, 4) is 0 Å². The molecule has 2 aliphatic heterocycles. The van der Waals surface area contributed by atoms with E-state index < -0.39 is 6.04 Å². The number of hydrogen-bond acceptors (Lipinski definition) is 4. The zero-order chi connectivity index (χ0) is 18.5. The van der Waals surface area contributed by atoms with Crippen LogP contribution in [0.2, 0.25) is 0 Å². The molecule has 0 saturated carbocycles. The third-order valence-corrected chi connectivity index (χ3v) is 5.40. The molecule has 1 N–H and O–H groups in total. The first-order chi connectivity index (χ1) is 12.6. The van der Waals surface area contributed by atoms with Crippen LogP contribution in [0.15, 0.2) is 24.3 Å². The van der Waals surface area contributed by atoms with E-state index >= 15 is 0 Å². The lowest BCUT2D eigenvalue weighted by molar-refractivity contribution is -0.126. The number of nitrogens with one attached hydrogen (secondary N) is 1. The summed E-state index contributed by atoms with van der Waals surface area (Å²) in [6.07, 6.45) is 1.95.